The third-order valence-electron chi connectivity index (χ3n) is 5.43. The van der Waals surface area contributed by atoms with E-state index in [4.69, 9.17) is 16.6 Å². The van der Waals surface area contributed by atoms with Crippen LogP contribution in [-0.2, 0) is 0 Å². The Morgan fingerprint density at radius 1 is 1.08 bits per heavy atom. The highest BCUT2D eigenvalue weighted by molar-refractivity contribution is 7.15. The largest absolute Gasteiger partial charge is 0.278 e. The number of nitrogens with zero attached hydrogens (tertiary/aromatic N) is 4. The van der Waals surface area contributed by atoms with E-state index >= 15 is 0 Å². The smallest absolute Gasteiger partial charge is 0.162 e. The molecule has 0 bridgehead atoms. The summed E-state index contributed by atoms with van der Waals surface area (Å²) in [6, 6.07) is 0.0363. The zero-order valence-electron chi connectivity index (χ0n) is 14.6. The van der Waals surface area contributed by atoms with Gasteiger partial charge in [0.1, 0.15) is 16.9 Å². The summed E-state index contributed by atoms with van der Waals surface area (Å²) in [7, 11) is 0. The lowest BCUT2D eigenvalue weighted by molar-refractivity contribution is 0.443. The molecule has 0 spiro atoms. The molecule has 2 aromatic heterocycles. The summed E-state index contributed by atoms with van der Waals surface area (Å²) in [5.74, 6) is 2.41. The van der Waals surface area contributed by atoms with Crippen molar-refractivity contribution in [2.75, 3.05) is 0 Å². The van der Waals surface area contributed by atoms with Gasteiger partial charge in [-0.3, -0.25) is 9.56 Å². The normalized spacial score (nSPS) is 26.5. The number of fused-ring (bicyclic) bond motifs is 3. The van der Waals surface area contributed by atoms with E-state index in [1.165, 1.54) is 26.7 Å². The number of hydrogen-bond acceptors (Lipinski definition) is 4. The van der Waals surface area contributed by atoms with E-state index in [0.29, 0.717) is 11.3 Å². The SMILES string of the molecule is Cc1sc2c(c1C)C(C1CCC(Cl)CC1)=NC(C)c1nnc(C)n1-2. The molecule has 0 saturated heterocycles. The van der Waals surface area contributed by atoms with Gasteiger partial charge in [0.15, 0.2) is 5.82 Å². The van der Waals surface area contributed by atoms with E-state index in [-0.39, 0.29) is 6.04 Å². The number of aryl methyl sites for hydroxylation is 2. The van der Waals surface area contributed by atoms with Gasteiger partial charge in [-0.1, -0.05) is 0 Å². The molecule has 0 radical (unpaired) electrons. The fraction of sp³-hybridized carbons (Fsp3) is 0.611. The Hall–Kier alpha value is -1.20. The number of rotatable bonds is 1. The summed E-state index contributed by atoms with van der Waals surface area (Å²) in [5.41, 5.74) is 3.95. The van der Waals surface area contributed by atoms with Gasteiger partial charge in [-0.15, -0.1) is 33.1 Å². The van der Waals surface area contributed by atoms with Crippen molar-refractivity contribution in [3.8, 4) is 5.00 Å². The molecule has 1 fully saturated rings. The molecule has 6 heteroatoms. The zero-order valence-corrected chi connectivity index (χ0v) is 16.2. The van der Waals surface area contributed by atoms with Gasteiger partial charge in [-0.2, -0.15) is 0 Å². The minimum Gasteiger partial charge on any atom is -0.278 e. The summed E-state index contributed by atoms with van der Waals surface area (Å²) >= 11 is 8.17. The van der Waals surface area contributed by atoms with Crippen molar-refractivity contribution in [1.29, 1.82) is 0 Å². The summed E-state index contributed by atoms with van der Waals surface area (Å²) in [6.07, 6.45) is 4.44. The molecule has 128 valence electrons. The molecule has 0 N–H and O–H groups in total. The van der Waals surface area contributed by atoms with Crippen molar-refractivity contribution < 1.29 is 0 Å². The molecule has 1 atom stereocenters. The van der Waals surface area contributed by atoms with Crippen molar-refractivity contribution in [1.82, 2.24) is 14.8 Å². The lowest BCUT2D eigenvalue weighted by Gasteiger charge is -2.27. The molecular weight excluding hydrogens is 340 g/mol. The highest BCUT2D eigenvalue weighted by atomic mass is 35.5. The van der Waals surface area contributed by atoms with E-state index in [2.05, 4.69) is 35.5 Å². The van der Waals surface area contributed by atoms with E-state index < -0.39 is 0 Å². The van der Waals surface area contributed by atoms with Gasteiger partial charge in [0.05, 0.1) is 0 Å². The van der Waals surface area contributed by atoms with Crippen LogP contribution in [0.4, 0.5) is 0 Å². The maximum absolute atomic E-state index is 6.33. The Labute approximate surface area is 152 Å². The van der Waals surface area contributed by atoms with E-state index in [0.717, 1.165) is 37.3 Å². The van der Waals surface area contributed by atoms with Gasteiger partial charge < -0.3 is 0 Å². The van der Waals surface area contributed by atoms with Crippen molar-refractivity contribution in [2.45, 2.75) is 64.8 Å². The quantitative estimate of drug-likeness (QED) is 0.676. The number of thiophene rings is 1. The fourth-order valence-corrected chi connectivity index (χ4v) is 5.41. The molecule has 3 heterocycles. The molecule has 24 heavy (non-hydrogen) atoms. The molecule has 1 unspecified atom stereocenters. The maximum atomic E-state index is 6.33. The molecular formula is C18H23ClN4S. The molecule has 4 nitrogen and oxygen atoms in total. The molecule has 2 aliphatic rings. The van der Waals surface area contributed by atoms with Crippen LogP contribution in [-0.4, -0.2) is 25.9 Å². The molecule has 2 aromatic rings. The van der Waals surface area contributed by atoms with Crippen molar-refractivity contribution in [3.63, 3.8) is 0 Å². The van der Waals surface area contributed by atoms with Crippen LogP contribution in [0.1, 0.15) is 66.3 Å². The second-order valence-corrected chi connectivity index (χ2v) is 8.86. The van der Waals surface area contributed by atoms with Gasteiger partial charge in [0.2, 0.25) is 0 Å². The second-order valence-electron chi connectivity index (χ2n) is 7.04. The van der Waals surface area contributed by atoms with Crippen LogP contribution in [0.15, 0.2) is 4.99 Å². The molecule has 4 rings (SSSR count). The highest BCUT2D eigenvalue weighted by Crippen LogP contribution is 2.41. The van der Waals surface area contributed by atoms with Crippen LogP contribution in [0.2, 0.25) is 0 Å². The predicted octanol–water partition coefficient (Wildman–Crippen LogP) is 4.92. The second kappa shape index (κ2) is 5.95. The summed E-state index contributed by atoms with van der Waals surface area (Å²) in [4.78, 5) is 6.51. The van der Waals surface area contributed by atoms with Crippen molar-refractivity contribution >= 4 is 28.6 Å². The predicted molar refractivity (Wildman–Crippen MR) is 100.0 cm³/mol. The van der Waals surface area contributed by atoms with E-state index in [1.54, 1.807) is 0 Å². The average Bonchev–Trinajstić information content (AvgIpc) is 3.03. The van der Waals surface area contributed by atoms with Crippen LogP contribution in [0, 0.1) is 26.7 Å². The van der Waals surface area contributed by atoms with Crippen LogP contribution in [0.3, 0.4) is 0 Å². The topological polar surface area (TPSA) is 43.1 Å². The first-order valence-electron chi connectivity index (χ1n) is 8.71. The Morgan fingerprint density at radius 3 is 2.50 bits per heavy atom. The van der Waals surface area contributed by atoms with Crippen LogP contribution >= 0.6 is 22.9 Å². The molecule has 1 aliphatic heterocycles. The van der Waals surface area contributed by atoms with Crippen molar-refractivity contribution in [3.05, 3.63) is 27.7 Å². The van der Waals surface area contributed by atoms with Gasteiger partial charge in [0, 0.05) is 27.4 Å². The van der Waals surface area contributed by atoms with Crippen LogP contribution in [0.25, 0.3) is 5.00 Å². The number of hydrogen-bond donors (Lipinski definition) is 0. The number of alkyl halides is 1. The average molecular weight is 363 g/mol. The maximum Gasteiger partial charge on any atom is 0.162 e. The first-order valence-corrected chi connectivity index (χ1v) is 9.97. The summed E-state index contributed by atoms with van der Waals surface area (Å²) < 4.78 is 2.22. The van der Waals surface area contributed by atoms with Gasteiger partial charge >= 0.3 is 0 Å². The van der Waals surface area contributed by atoms with Gasteiger partial charge in [0.25, 0.3) is 0 Å². The van der Waals surface area contributed by atoms with Crippen LogP contribution < -0.4 is 0 Å². The van der Waals surface area contributed by atoms with Gasteiger partial charge in [-0.05, 0) is 58.9 Å². The van der Waals surface area contributed by atoms with E-state index in [1.807, 2.05) is 18.3 Å². The fourth-order valence-electron chi connectivity index (χ4n) is 3.93. The molecule has 0 aromatic carbocycles. The minimum absolute atomic E-state index is 0.0363. The summed E-state index contributed by atoms with van der Waals surface area (Å²) in [6.45, 7) is 8.58. The lowest BCUT2D eigenvalue weighted by atomic mass is 9.82. The standard InChI is InChI=1S/C18H23ClN4S/c1-9-11(3)24-18-15(9)16(13-5-7-14(19)8-6-13)20-10(2)17-22-21-12(4)23(17)18/h10,13-14H,5-8H2,1-4H3. The lowest BCUT2D eigenvalue weighted by Crippen LogP contribution is -2.24. The van der Waals surface area contributed by atoms with Crippen LogP contribution in [0.5, 0.6) is 0 Å². The van der Waals surface area contributed by atoms with Gasteiger partial charge in [-0.25, -0.2) is 0 Å². The molecule has 1 saturated carbocycles. The highest BCUT2D eigenvalue weighted by Gasteiger charge is 2.33. The number of aromatic nitrogens is 3. The summed E-state index contributed by atoms with van der Waals surface area (Å²) in [5, 5.41) is 10.3. The Balaban J connectivity index is 1.90. The minimum atomic E-state index is 0.0363. The first-order chi connectivity index (χ1) is 11.5. The molecule has 1 aliphatic carbocycles. The Kier molecular flexibility index (Phi) is 4.04. The zero-order chi connectivity index (χ0) is 17.0. The van der Waals surface area contributed by atoms with Crippen molar-refractivity contribution in [2.24, 2.45) is 10.9 Å². The Bertz CT molecular complexity index is 811. The van der Waals surface area contributed by atoms with E-state index in [9.17, 15) is 0 Å². The molecule has 0 amide bonds. The first kappa shape index (κ1) is 16.3. The number of aliphatic imine (C=N–C) groups is 1. The number of halogens is 1. The third kappa shape index (κ3) is 2.44. The Morgan fingerprint density at radius 2 is 1.79 bits per heavy atom. The third-order valence-corrected chi connectivity index (χ3v) is 7.05. The monoisotopic (exact) mass is 362 g/mol.